The molecule has 0 unspecified atom stereocenters. The maximum Gasteiger partial charge on any atom is 0.251 e. The molecule has 2 aromatic rings. The Balaban J connectivity index is 1.64. The van der Waals surface area contributed by atoms with Crippen molar-refractivity contribution in [3.63, 3.8) is 0 Å². The van der Waals surface area contributed by atoms with Crippen molar-refractivity contribution in [2.75, 3.05) is 5.32 Å². The van der Waals surface area contributed by atoms with Gasteiger partial charge in [-0.25, -0.2) is 0 Å². The summed E-state index contributed by atoms with van der Waals surface area (Å²) in [5, 5.41) is 6.40. The molecule has 21 heavy (non-hydrogen) atoms. The van der Waals surface area contributed by atoms with Crippen LogP contribution in [0.1, 0.15) is 35.8 Å². The maximum absolute atomic E-state index is 12.0. The van der Waals surface area contributed by atoms with Crippen LogP contribution in [0, 0.1) is 0 Å². The van der Waals surface area contributed by atoms with Crippen LogP contribution >= 0.6 is 0 Å². The van der Waals surface area contributed by atoms with Crippen molar-refractivity contribution in [3.8, 4) is 0 Å². The topological polar surface area (TPSA) is 46.1 Å². The first-order valence-electron chi connectivity index (χ1n) is 7.55. The number of carbonyl (C=O) groups excluding carboxylic acids is 1. The number of nitrogens with one attached hydrogen (secondary N) is 2. The average Bonchev–Trinajstić information content (AvgIpc) is 3.20. The summed E-state index contributed by atoms with van der Waals surface area (Å²) in [6, 6.07) is 12.2. The number of hydrogen-bond donors (Lipinski definition) is 2. The standard InChI is InChI=1S/C17H21N3O/c1-2-20-10-4-7-16(20)12-18-15-6-3-5-13(11-15)17(21)19-14-8-9-14/h3-7,10-11,14,18H,2,8-9,12H2,1H3,(H,19,21). The van der Waals surface area contributed by atoms with Crippen LogP contribution in [0.4, 0.5) is 5.69 Å². The second-order valence-corrected chi connectivity index (χ2v) is 5.47. The van der Waals surface area contributed by atoms with Gasteiger partial charge < -0.3 is 15.2 Å². The van der Waals surface area contributed by atoms with E-state index in [1.165, 1.54) is 5.69 Å². The fourth-order valence-electron chi connectivity index (χ4n) is 2.38. The molecular formula is C17H21N3O. The highest BCUT2D eigenvalue weighted by atomic mass is 16.1. The minimum Gasteiger partial charge on any atom is -0.379 e. The highest BCUT2D eigenvalue weighted by Gasteiger charge is 2.23. The summed E-state index contributed by atoms with van der Waals surface area (Å²) in [6.07, 6.45) is 4.30. The third-order valence-electron chi connectivity index (χ3n) is 3.78. The van der Waals surface area contributed by atoms with E-state index >= 15 is 0 Å². The van der Waals surface area contributed by atoms with Gasteiger partial charge in [0.05, 0.1) is 6.54 Å². The van der Waals surface area contributed by atoms with Crippen LogP contribution in [0.2, 0.25) is 0 Å². The summed E-state index contributed by atoms with van der Waals surface area (Å²) in [6.45, 7) is 3.86. The Kier molecular flexibility index (Phi) is 3.95. The first-order chi connectivity index (χ1) is 10.3. The molecule has 3 rings (SSSR count). The summed E-state index contributed by atoms with van der Waals surface area (Å²) in [4.78, 5) is 12.0. The van der Waals surface area contributed by atoms with Crippen molar-refractivity contribution in [3.05, 3.63) is 53.9 Å². The van der Waals surface area contributed by atoms with Crippen LogP contribution in [-0.4, -0.2) is 16.5 Å². The Bertz CT molecular complexity index is 628. The number of rotatable bonds is 6. The Morgan fingerprint density at radius 3 is 2.90 bits per heavy atom. The number of benzene rings is 1. The number of nitrogens with zero attached hydrogens (tertiary/aromatic N) is 1. The second-order valence-electron chi connectivity index (χ2n) is 5.47. The van der Waals surface area contributed by atoms with Gasteiger partial charge in [0.2, 0.25) is 0 Å². The van der Waals surface area contributed by atoms with E-state index in [1.807, 2.05) is 24.3 Å². The number of hydrogen-bond acceptors (Lipinski definition) is 2. The number of anilines is 1. The SMILES string of the molecule is CCn1cccc1CNc1cccc(C(=O)NC2CC2)c1. The molecule has 0 aliphatic heterocycles. The fraction of sp³-hybridized carbons (Fsp3) is 0.353. The van der Waals surface area contributed by atoms with Gasteiger partial charge in [0.15, 0.2) is 0 Å². The zero-order valence-electron chi connectivity index (χ0n) is 12.3. The van der Waals surface area contributed by atoms with Gasteiger partial charge in [-0.05, 0) is 50.1 Å². The average molecular weight is 283 g/mol. The van der Waals surface area contributed by atoms with E-state index in [2.05, 4.69) is 40.5 Å². The highest BCUT2D eigenvalue weighted by molar-refractivity contribution is 5.95. The quantitative estimate of drug-likeness (QED) is 0.856. The monoisotopic (exact) mass is 283 g/mol. The lowest BCUT2D eigenvalue weighted by atomic mass is 10.2. The first kappa shape index (κ1) is 13.7. The molecule has 0 saturated heterocycles. The van der Waals surface area contributed by atoms with Crippen LogP contribution < -0.4 is 10.6 Å². The van der Waals surface area contributed by atoms with E-state index in [4.69, 9.17) is 0 Å². The summed E-state index contributed by atoms with van der Waals surface area (Å²) < 4.78 is 2.21. The zero-order valence-corrected chi connectivity index (χ0v) is 12.3. The van der Waals surface area contributed by atoms with Crippen molar-refractivity contribution >= 4 is 11.6 Å². The van der Waals surface area contributed by atoms with Crippen molar-refractivity contribution < 1.29 is 4.79 Å². The van der Waals surface area contributed by atoms with Gasteiger partial charge in [0.1, 0.15) is 0 Å². The predicted molar refractivity (Wildman–Crippen MR) is 84.4 cm³/mol. The largest absolute Gasteiger partial charge is 0.379 e. The lowest BCUT2D eigenvalue weighted by Crippen LogP contribution is -2.25. The molecule has 0 spiro atoms. The molecule has 1 saturated carbocycles. The van der Waals surface area contributed by atoms with Crippen LogP contribution in [0.5, 0.6) is 0 Å². The molecule has 4 heteroatoms. The number of amides is 1. The van der Waals surface area contributed by atoms with E-state index in [0.29, 0.717) is 6.04 Å². The minimum absolute atomic E-state index is 0.0260. The van der Waals surface area contributed by atoms with Gasteiger partial charge in [-0.2, -0.15) is 0 Å². The Morgan fingerprint density at radius 2 is 2.14 bits per heavy atom. The zero-order chi connectivity index (χ0) is 14.7. The minimum atomic E-state index is 0.0260. The molecular weight excluding hydrogens is 262 g/mol. The molecule has 0 bridgehead atoms. The molecule has 1 heterocycles. The normalized spacial score (nSPS) is 14.0. The van der Waals surface area contributed by atoms with Gasteiger partial charge in [-0.15, -0.1) is 0 Å². The van der Waals surface area contributed by atoms with E-state index < -0.39 is 0 Å². The number of aromatic nitrogens is 1. The van der Waals surface area contributed by atoms with E-state index in [1.54, 1.807) is 0 Å². The molecule has 110 valence electrons. The molecule has 1 aromatic heterocycles. The lowest BCUT2D eigenvalue weighted by Gasteiger charge is -2.10. The molecule has 1 aliphatic rings. The molecule has 2 N–H and O–H groups in total. The Labute approximate surface area is 125 Å². The van der Waals surface area contributed by atoms with Crippen LogP contribution in [0.25, 0.3) is 0 Å². The van der Waals surface area contributed by atoms with Gasteiger partial charge in [-0.3, -0.25) is 4.79 Å². The summed E-state index contributed by atoms with van der Waals surface area (Å²) >= 11 is 0. The maximum atomic E-state index is 12.0. The molecule has 0 atom stereocenters. The summed E-state index contributed by atoms with van der Waals surface area (Å²) in [5.41, 5.74) is 2.94. The Morgan fingerprint density at radius 1 is 1.29 bits per heavy atom. The van der Waals surface area contributed by atoms with Crippen LogP contribution in [0.15, 0.2) is 42.6 Å². The van der Waals surface area contributed by atoms with Gasteiger partial charge in [0.25, 0.3) is 5.91 Å². The van der Waals surface area contributed by atoms with Crippen molar-refractivity contribution in [2.45, 2.75) is 38.9 Å². The van der Waals surface area contributed by atoms with Gasteiger partial charge >= 0.3 is 0 Å². The van der Waals surface area contributed by atoms with Crippen molar-refractivity contribution in [1.82, 2.24) is 9.88 Å². The second kappa shape index (κ2) is 6.04. The third kappa shape index (κ3) is 3.45. The molecule has 1 aromatic carbocycles. The fourth-order valence-corrected chi connectivity index (χ4v) is 2.38. The molecule has 1 amide bonds. The van der Waals surface area contributed by atoms with E-state index in [9.17, 15) is 4.79 Å². The number of aryl methyl sites for hydroxylation is 1. The van der Waals surface area contributed by atoms with Crippen molar-refractivity contribution in [1.29, 1.82) is 0 Å². The van der Waals surface area contributed by atoms with Crippen LogP contribution in [0.3, 0.4) is 0 Å². The smallest absolute Gasteiger partial charge is 0.251 e. The summed E-state index contributed by atoms with van der Waals surface area (Å²) in [7, 11) is 0. The molecule has 4 nitrogen and oxygen atoms in total. The van der Waals surface area contributed by atoms with Crippen LogP contribution in [-0.2, 0) is 13.1 Å². The molecule has 1 aliphatic carbocycles. The van der Waals surface area contributed by atoms with Crippen molar-refractivity contribution in [2.24, 2.45) is 0 Å². The third-order valence-corrected chi connectivity index (χ3v) is 3.78. The highest BCUT2D eigenvalue weighted by Crippen LogP contribution is 2.20. The van der Waals surface area contributed by atoms with E-state index in [0.717, 1.165) is 37.2 Å². The first-order valence-corrected chi connectivity index (χ1v) is 7.55. The molecule has 1 fully saturated rings. The van der Waals surface area contributed by atoms with Gasteiger partial charge in [-0.1, -0.05) is 6.07 Å². The Hall–Kier alpha value is -2.23. The van der Waals surface area contributed by atoms with Gasteiger partial charge in [0, 0.05) is 35.7 Å². The molecule has 0 radical (unpaired) electrons. The number of carbonyl (C=O) groups is 1. The van der Waals surface area contributed by atoms with E-state index in [-0.39, 0.29) is 5.91 Å². The predicted octanol–water partition coefficient (Wildman–Crippen LogP) is 3.01. The summed E-state index contributed by atoms with van der Waals surface area (Å²) in [5.74, 6) is 0.0260. The lowest BCUT2D eigenvalue weighted by molar-refractivity contribution is 0.0951.